The summed E-state index contributed by atoms with van der Waals surface area (Å²) in [5.41, 5.74) is -0.964. The van der Waals surface area contributed by atoms with Crippen molar-refractivity contribution in [3.63, 3.8) is 0 Å². The largest absolute Gasteiger partial charge is 0.417 e. The van der Waals surface area contributed by atoms with Gasteiger partial charge in [0, 0.05) is 31.9 Å². The molecule has 1 aliphatic heterocycles. The van der Waals surface area contributed by atoms with E-state index in [0.717, 1.165) is 12.1 Å². The second kappa shape index (κ2) is 7.09. The van der Waals surface area contributed by atoms with Crippen LogP contribution < -0.4 is 10.0 Å². The number of alkyl halides is 3. The fraction of sp³-hybridized carbons (Fsp3) is 0.467. The number of anilines is 1. The Morgan fingerprint density at radius 3 is 2.41 bits per heavy atom. The van der Waals surface area contributed by atoms with Crippen molar-refractivity contribution in [3.8, 4) is 0 Å². The minimum Gasteiger partial charge on any atom is -0.369 e. The first-order valence-corrected chi connectivity index (χ1v) is 9.59. The molecule has 0 atom stereocenters. The topological polar surface area (TPSA) is 106 Å². The van der Waals surface area contributed by atoms with E-state index < -0.39 is 26.7 Å². The minimum absolute atomic E-state index is 0.294. The molecule has 12 heteroatoms. The number of aromatic nitrogens is 2. The third kappa shape index (κ3) is 4.57. The van der Waals surface area contributed by atoms with E-state index in [-0.39, 0.29) is 0 Å². The molecule has 0 bridgehead atoms. The molecule has 27 heavy (non-hydrogen) atoms. The van der Waals surface area contributed by atoms with E-state index >= 15 is 0 Å². The number of benzene rings is 1. The van der Waals surface area contributed by atoms with Crippen LogP contribution in [0.2, 0.25) is 0 Å². The van der Waals surface area contributed by atoms with Crippen LogP contribution in [-0.2, 0) is 22.7 Å². The molecule has 2 heterocycles. The van der Waals surface area contributed by atoms with E-state index in [2.05, 4.69) is 10.1 Å². The van der Waals surface area contributed by atoms with Gasteiger partial charge in [0.25, 0.3) is 0 Å². The maximum absolute atomic E-state index is 13.3. The highest BCUT2D eigenvalue weighted by Gasteiger charge is 2.37. The Morgan fingerprint density at radius 1 is 1.22 bits per heavy atom. The monoisotopic (exact) mass is 405 g/mol. The number of hydrogen-bond donors (Lipinski definition) is 1. The number of halogens is 3. The zero-order chi connectivity index (χ0) is 19.8. The summed E-state index contributed by atoms with van der Waals surface area (Å²) >= 11 is 0. The van der Waals surface area contributed by atoms with Gasteiger partial charge in [-0.15, -0.1) is 0 Å². The first-order chi connectivity index (χ1) is 12.5. The maximum atomic E-state index is 13.3. The van der Waals surface area contributed by atoms with Crippen molar-refractivity contribution in [3.05, 3.63) is 35.5 Å². The molecule has 1 aromatic heterocycles. The van der Waals surface area contributed by atoms with Gasteiger partial charge in [-0.3, -0.25) is 4.90 Å². The number of nitrogens with two attached hydrogens (primary N) is 1. The fourth-order valence-electron chi connectivity index (χ4n) is 2.94. The van der Waals surface area contributed by atoms with E-state index in [1.807, 2.05) is 4.90 Å². The van der Waals surface area contributed by atoms with Crippen molar-refractivity contribution in [2.75, 3.05) is 31.1 Å². The van der Waals surface area contributed by atoms with Crippen molar-refractivity contribution < 1.29 is 26.1 Å². The molecule has 148 valence electrons. The quantitative estimate of drug-likeness (QED) is 0.819. The normalized spacial score (nSPS) is 16.7. The van der Waals surface area contributed by atoms with Crippen molar-refractivity contribution in [2.45, 2.75) is 24.5 Å². The summed E-state index contributed by atoms with van der Waals surface area (Å²) in [6, 6.07) is 3.07. The number of aryl methyl sites for hydroxylation is 1. The highest BCUT2D eigenvalue weighted by atomic mass is 32.2. The molecule has 1 saturated heterocycles. The average Bonchev–Trinajstić information content (AvgIpc) is 2.98. The Morgan fingerprint density at radius 2 is 1.89 bits per heavy atom. The number of hydrogen-bond acceptors (Lipinski definition) is 7. The molecule has 0 aliphatic carbocycles. The Hall–Kier alpha value is -2.18. The zero-order valence-corrected chi connectivity index (χ0v) is 15.2. The highest BCUT2D eigenvalue weighted by Crippen LogP contribution is 2.36. The van der Waals surface area contributed by atoms with Crippen LogP contribution >= 0.6 is 0 Å². The lowest BCUT2D eigenvalue weighted by molar-refractivity contribution is -0.139. The summed E-state index contributed by atoms with van der Waals surface area (Å²) in [5, 5.41) is 8.62. The van der Waals surface area contributed by atoms with Crippen LogP contribution in [0.5, 0.6) is 0 Å². The predicted molar refractivity (Wildman–Crippen MR) is 89.3 cm³/mol. The van der Waals surface area contributed by atoms with E-state index in [0.29, 0.717) is 50.1 Å². The third-order valence-corrected chi connectivity index (χ3v) is 5.21. The first-order valence-electron chi connectivity index (χ1n) is 8.04. The van der Waals surface area contributed by atoms with Crippen LogP contribution in [0.15, 0.2) is 27.6 Å². The summed E-state index contributed by atoms with van der Waals surface area (Å²) in [4.78, 5) is 7.01. The molecular formula is C15H18F3N5O3S. The molecule has 0 spiro atoms. The fourth-order valence-corrected chi connectivity index (χ4v) is 3.68. The minimum atomic E-state index is -4.82. The van der Waals surface area contributed by atoms with E-state index in [1.54, 1.807) is 11.8 Å². The summed E-state index contributed by atoms with van der Waals surface area (Å²) in [6.45, 7) is 4.29. The lowest BCUT2D eigenvalue weighted by Gasteiger charge is -2.35. The number of primary sulfonamides is 1. The Balaban J connectivity index is 1.74. The van der Waals surface area contributed by atoms with Crippen LogP contribution in [-0.4, -0.2) is 49.6 Å². The van der Waals surface area contributed by atoms with Gasteiger partial charge in [0.05, 0.1) is 17.0 Å². The van der Waals surface area contributed by atoms with Crippen LogP contribution in [0, 0.1) is 6.92 Å². The molecule has 0 saturated carbocycles. The van der Waals surface area contributed by atoms with Crippen LogP contribution in [0.3, 0.4) is 0 Å². The molecule has 1 aromatic carbocycles. The Kier molecular flexibility index (Phi) is 5.14. The number of rotatable bonds is 4. The van der Waals surface area contributed by atoms with Crippen LogP contribution in [0.4, 0.5) is 18.9 Å². The predicted octanol–water partition coefficient (Wildman–Crippen LogP) is 1.37. The standard InChI is InChI=1S/C15H18F3N5O3S/c1-10-20-14(26-21-10)9-22-4-6-23(7-5-22)11-2-3-13(27(19,24)25)12(8-11)15(16,17)18/h2-3,8H,4-7,9H2,1H3,(H2,19,24,25). The number of nitrogens with zero attached hydrogens (tertiary/aromatic N) is 4. The van der Waals surface area contributed by atoms with Gasteiger partial charge >= 0.3 is 6.18 Å². The summed E-state index contributed by atoms with van der Waals surface area (Å²) < 4.78 is 67.7. The van der Waals surface area contributed by atoms with Gasteiger partial charge < -0.3 is 9.42 Å². The molecule has 2 N–H and O–H groups in total. The molecule has 8 nitrogen and oxygen atoms in total. The molecule has 1 fully saturated rings. The van der Waals surface area contributed by atoms with Crippen molar-refractivity contribution in [2.24, 2.45) is 5.14 Å². The lowest BCUT2D eigenvalue weighted by atomic mass is 10.1. The molecule has 0 radical (unpaired) electrons. The van der Waals surface area contributed by atoms with E-state index in [4.69, 9.17) is 9.66 Å². The third-order valence-electron chi connectivity index (χ3n) is 4.24. The van der Waals surface area contributed by atoms with Gasteiger partial charge in [-0.1, -0.05) is 5.16 Å². The smallest absolute Gasteiger partial charge is 0.369 e. The van der Waals surface area contributed by atoms with Gasteiger partial charge in [-0.05, 0) is 25.1 Å². The highest BCUT2D eigenvalue weighted by molar-refractivity contribution is 7.89. The second-order valence-corrected chi connectivity index (χ2v) is 7.75. The first kappa shape index (κ1) is 19.6. The van der Waals surface area contributed by atoms with E-state index in [1.165, 1.54) is 6.07 Å². The number of piperazine rings is 1. The average molecular weight is 405 g/mol. The Labute approximate surface area is 153 Å². The molecule has 0 unspecified atom stereocenters. The van der Waals surface area contributed by atoms with Gasteiger partial charge in [0.15, 0.2) is 5.82 Å². The summed E-state index contributed by atoms with van der Waals surface area (Å²) in [5.74, 6) is 1.02. The van der Waals surface area contributed by atoms with Crippen molar-refractivity contribution in [1.29, 1.82) is 0 Å². The van der Waals surface area contributed by atoms with Crippen molar-refractivity contribution >= 4 is 15.7 Å². The Bertz CT molecular complexity index is 921. The zero-order valence-electron chi connectivity index (χ0n) is 14.4. The van der Waals surface area contributed by atoms with Crippen molar-refractivity contribution in [1.82, 2.24) is 15.0 Å². The van der Waals surface area contributed by atoms with Crippen LogP contribution in [0.1, 0.15) is 17.3 Å². The van der Waals surface area contributed by atoms with Gasteiger partial charge in [-0.2, -0.15) is 18.2 Å². The maximum Gasteiger partial charge on any atom is 0.417 e. The lowest BCUT2D eigenvalue weighted by Crippen LogP contribution is -2.46. The summed E-state index contributed by atoms with van der Waals surface area (Å²) in [6.07, 6.45) is -4.82. The molecule has 1 aliphatic rings. The molecule has 0 amide bonds. The molecular weight excluding hydrogens is 387 g/mol. The summed E-state index contributed by atoms with van der Waals surface area (Å²) in [7, 11) is -4.48. The SMILES string of the molecule is Cc1noc(CN2CCN(c3ccc(S(N)(=O)=O)c(C(F)(F)F)c3)CC2)n1. The second-order valence-electron chi connectivity index (χ2n) is 6.22. The molecule has 3 rings (SSSR count). The van der Waals surface area contributed by atoms with E-state index in [9.17, 15) is 21.6 Å². The van der Waals surface area contributed by atoms with Crippen LogP contribution in [0.25, 0.3) is 0 Å². The van der Waals surface area contributed by atoms with Gasteiger partial charge in [0.2, 0.25) is 15.9 Å². The number of sulfonamides is 1. The van der Waals surface area contributed by atoms with Gasteiger partial charge in [0.1, 0.15) is 0 Å². The molecule has 2 aromatic rings. The van der Waals surface area contributed by atoms with Gasteiger partial charge in [-0.25, -0.2) is 13.6 Å².